The van der Waals surface area contributed by atoms with Crippen LogP contribution in [0.5, 0.6) is 5.75 Å². The number of hydrogen-bond donors (Lipinski definition) is 1. The van der Waals surface area contributed by atoms with Crippen LogP contribution in [-0.4, -0.2) is 29.4 Å². The normalized spacial score (nSPS) is 16.9. The van der Waals surface area contributed by atoms with Gasteiger partial charge in [-0.3, -0.25) is 9.59 Å². The van der Waals surface area contributed by atoms with E-state index in [2.05, 4.69) is 0 Å². The van der Waals surface area contributed by atoms with Crippen LogP contribution in [0.2, 0.25) is 0 Å². The van der Waals surface area contributed by atoms with Gasteiger partial charge in [0.25, 0.3) is 5.91 Å². The number of hydrogen-bond acceptors (Lipinski definition) is 4. The quantitative estimate of drug-likeness (QED) is 0.912. The topological polar surface area (TPSA) is 96.4 Å². The first kappa shape index (κ1) is 17.5. The van der Waals surface area contributed by atoms with E-state index >= 15 is 0 Å². The van der Waals surface area contributed by atoms with Gasteiger partial charge in [0.2, 0.25) is 5.91 Å². The molecule has 0 spiro atoms. The van der Waals surface area contributed by atoms with Crippen molar-refractivity contribution in [2.24, 2.45) is 5.73 Å². The van der Waals surface area contributed by atoms with Crippen molar-refractivity contribution < 1.29 is 14.3 Å². The minimum Gasteiger partial charge on any atom is -0.481 e. The summed E-state index contributed by atoms with van der Waals surface area (Å²) >= 11 is 0. The third-order valence-electron chi connectivity index (χ3n) is 4.48. The number of amides is 2. The van der Waals surface area contributed by atoms with Crippen LogP contribution in [0.4, 0.5) is 0 Å². The molecule has 0 aromatic heterocycles. The van der Waals surface area contributed by atoms with Crippen LogP contribution >= 0.6 is 0 Å². The monoisotopic (exact) mass is 349 g/mol. The number of rotatable bonds is 4. The van der Waals surface area contributed by atoms with E-state index in [4.69, 9.17) is 15.7 Å². The summed E-state index contributed by atoms with van der Waals surface area (Å²) in [6.45, 7) is 2.05. The first-order valence-corrected chi connectivity index (χ1v) is 8.35. The lowest BCUT2D eigenvalue weighted by atomic mass is 9.92. The van der Waals surface area contributed by atoms with Crippen LogP contribution in [0.1, 0.15) is 29.7 Å². The third kappa shape index (κ3) is 3.38. The van der Waals surface area contributed by atoms with Crippen LogP contribution in [0.3, 0.4) is 0 Å². The summed E-state index contributed by atoms with van der Waals surface area (Å²) in [5.41, 5.74) is 7.90. The molecule has 6 nitrogen and oxygen atoms in total. The summed E-state index contributed by atoms with van der Waals surface area (Å²) in [7, 11) is 0. The molecule has 6 heteroatoms. The van der Waals surface area contributed by atoms with Crippen molar-refractivity contribution in [2.75, 3.05) is 6.54 Å². The van der Waals surface area contributed by atoms with Crippen molar-refractivity contribution in [3.05, 3.63) is 65.2 Å². The highest BCUT2D eigenvalue weighted by molar-refractivity contribution is 5.90. The maximum absolute atomic E-state index is 12.9. The fourth-order valence-corrected chi connectivity index (χ4v) is 3.21. The van der Waals surface area contributed by atoms with Gasteiger partial charge in [-0.05, 0) is 48.7 Å². The van der Waals surface area contributed by atoms with Gasteiger partial charge in [-0.25, -0.2) is 0 Å². The highest BCUT2D eigenvalue weighted by atomic mass is 16.5. The lowest BCUT2D eigenvalue weighted by Crippen LogP contribution is -2.49. The molecule has 2 N–H and O–H groups in total. The number of carbonyl (C=O) groups is 2. The van der Waals surface area contributed by atoms with Gasteiger partial charge in [0.1, 0.15) is 11.8 Å². The lowest BCUT2D eigenvalue weighted by molar-refractivity contribution is -0.145. The molecule has 0 radical (unpaired) electrons. The molecule has 1 aliphatic rings. The van der Waals surface area contributed by atoms with Crippen molar-refractivity contribution in [3.63, 3.8) is 0 Å². The number of fused-ring (bicyclic) bond motifs is 1. The Morgan fingerprint density at radius 3 is 2.58 bits per heavy atom. The summed E-state index contributed by atoms with van der Waals surface area (Å²) < 4.78 is 5.69. The smallest absolute Gasteiger partial charge is 0.264 e. The van der Waals surface area contributed by atoms with Crippen molar-refractivity contribution in [2.45, 2.75) is 25.5 Å². The van der Waals surface area contributed by atoms with E-state index in [0.717, 1.165) is 11.1 Å². The summed E-state index contributed by atoms with van der Waals surface area (Å²) in [4.78, 5) is 26.4. The van der Waals surface area contributed by atoms with Crippen LogP contribution in [0.15, 0.2) is 48.5 Å². The molecule has 2 aromatic rings. The molecule has 132 valence electrons. The summed E-state index contributed by atoms with van der Waals surface area (Å²) in [6, 6.07) is 15.3. The Hall–Kier alpha value is -3.33. The number of benzene rings is 2. The van der Waals surface area contributed by atoms with Crippen molar-refractivity contribution in [1.29, 1.82) is 5.26 Å². The highest BCUT2D eigenvalue weighted by Gasteiger charge is 2.36. The summed E-state index contributed by atoms with van der Waals surface area (Å²) in [5, 5.41) is 8.83. The first-order chi connectivity index (χ1) is 12.5. The number of carbonyl (C=O) groups excluding carboxylic acids is 2. The first-order valence-electron chi connectivity index (χ1n) is 8.35. The SMILES string of the molecule is C[C@@H](Oc1ccc(C#N)cc1)C(=O)N1CCc2ccccc2[C@@H]1C(N)=O. The minimum absolute atomic E-state index is 0.298. The van der Waals surface area contributed by atoms with Crippen LogP contribution in [0, 0.1) is 11.3 Å². The second-order valence-corrected chi connectivity index (χ2v) is 6.18. The van der Waals surface area contributed by atoms with Crippen LogP contribution in [-0.2, 0) is 16.0 Å². The van der Waals surface area contributed by atoms with Gasteiger partial charge < -0.3 is 15.4 Å². The van der Waals surface area contributed by atoms with Gasteiger partial charge in [0.15, 0.2) is 6.10 Å². The Balaban J connectivity index is 1.79. The van der Waals surface area contributed by atoms with E-state index in [0.29, 0.717) is 24.3 Å². The zero-order valence-electron chi connectivity index (χ0n) is 14.4. The van der Waals surface area contributed by atoms with E-state index in [1.54, 1.807) is 31.2 Å². The third-order valence-corrected chi connectivity index (χ3v) is 4.48. The second-order valence-electron chi connectivity index (χ2n) is 6.18. The van der Waals surface area contributed by atoms with Gasteiger partial charge in [0.05, 0.1) is 11.6 Å². The van der Waals surface area contributed by atoms with Crippen molar-refractivity contribution >= 4 is 11.8 Å². The van der Waals surface area contributed by atoms with Gasteiger partial charge in [0, 0.05) is 6.54 Å². The van der Waals surface area contributed by atoms with Crippen molar-refractivity contribution in [3.8, 4) is 11.8 Å². The number of nitrogens with two attached hydrogens (primary N) is 1. The average Bonchev–Trinajstić information content (AvgIpc) is 2.66. The number of primary amides is 1. The summed E-state index contributed by atoms with van der Waals surface area (Å²) in [6.07, 6.45) is -0.120. The standard InChI is InChI=1S/C20H19N3O3/c1-13(26-16-8-6-14(12-21)7-9-16)20(25)23-11-10-15-4-2-3-5-17(15)18(23)19(22)24/h2-9,13,18H,10-11H2,1H3,(H2,22,24)/t13-,18-/m1/s1. The molecule has 2 atom stereocenters. The Kier molecular flexibility index (Phi) is 4.90. The van der Waals surface area contributed by atoms with Gasteiger partial charge in [-0.2, -0.15) is 5.26 Å². The van der Waals surface area contributed by atoms with E-state index in [1.165, 1.54) is 4.90 Å². The molecular formula is C20H19N3O3. The average molecular weight is 349 g/mol. The van der Waals surface area contributed by atoms with Gasteiger partial charge >= 0.3 is 0 Å². The Labute approximate surface area is 151 Å². The zero-order chi connectivity index (χ0) is 18.7. The minimum atomic E-state index is -0.792. The molecule has 2 aromatic carbocycles. The fourth-order valence-electron chi connectivity index (χ4n) is 3.21. The van der Waals surface area contributed by atoms with E-state index in [1.807, 2.05) is 30.3 Å². The van der Waals surface area contributed by atoms with Crippen LogP contribution in [0.25, 0.3) is 0 Å². The molecule has 0 bridgehead atoms. The maximum Gasteiger partial charge on any atom is 0.264 e. The Morgan fingerprint density at radius 1 is 1.23 bits per heavy atom. The van der Waals surface area contributed by atoms with E-state index in [-0.39, 0.29) is 5.91 Å². The Bertz CT molecular complexity index is 871. The van der Waals surface area contributed by atoms with Crippen LogP contribution < -0.4 is 10.5 Å². The maximum atomic E-state index is 12.9. The fraction of sp³-hybridized carbons (Fsp3) is 0.250. The molecule has 1 aliphatic heterocycles. The molecule has 3 rings (SSSR count). The largest absolute Gasteiger partial charge is 0.481 e. The lowest BCUT2D eigenvalue weighted by Gasteiger charge is -2.36. The number of ether oxygens (including phenoxy) is 1. The molecular weight excluding hydrogens is 330 g/mol. The Morgan fingerprint density at radius 2 is 1.92 bits per heavy atom. The number of nitrogens with zero attached hydrogens (tertiary/aromatic N) is 2. The molecule has 0 aliphatic carbocycles. The molecule has 26 heavy (non-hydrogen) atoms. The molecule has 0 unspecified atom stereocenters. The zero-order valence-corrected chi connectivity index (χ0v) is 14.4. The molecule has 0 saturated carbocycles. The molecule has 0 fully saturated rings. The van der Waals surface area contributed by atoms with E-state index < -0.39 is 18.1 Å². The molecule has 1 heterocycles. The van der Waals surface area contributed by atoms with Gasteiger partial charge in [-0.15, -0.1) is 0 Å². The molecule has 0 saturated heterocycles. The predicted octanol–water partition coefficient (Wildman–Crippen LogP) is 1.94. The highest BCUT2D eigenvalue weighted by Crippen LogP contribution is 2.30. The van der Waals surface area contributed by atoms with E-state index in [9.17, 15) is 9.59 Å². The van der Waals surface area contributed by atoms with Gasteiger partial charge in [-0.1, -0.05) is 24.3 Å². The van der Waals surface area contributed by atoms with Crippen molar-refractivity contribution in [1.82, 2.24) is 4.90 Å². The summed E-state index contributed by atoms with van der Waals surface area (Å²) in [5.74, 6) is -0.373. The molecule has 2 amide bonds. The number of nitriles is 1. The second kappa shape index (κ2) is 7.28. The predicted molar refractivity (Wildman–Crippen MR) is 95.0 cm³/mol.